The molecular formula is C19H23BN2O3. The molecule has 0 amide bonds. The molecule has 0 N–H and O–H groups in total. The van der Waals surface area contributed by atoms with Gasteiger partial charge in [-0.05, 0) is 24.3 Å². The molecule has 5 nitrogen and oxygen atoms in total. The largest absolute Gasteiger partial charge is 0.639 e. The van der Waals surface area contributed by atoms with Gasteiger partial charge in [-0.1, -0.05) is 36.4 Å². The second-order valence-electron chi connectivity index (χ2n) is 6.37. The lowest BCUT2D eigenvalue weighted by molar-refractivity contribution is -0.0160. The molecule has 2 aromatic carbocycles. The Kier molecular flexibility index (Phi) is 5.32. The molecule has 6 heteroatoms. The van der Waals surface area contributed by atoms with Crippen molar-refractivity contribution in [2.45, 2.75) is 6.10 Å². The highest BCUT2D eigenvalue weighted by Gasteiger charge is 2.33. The summed E-state index contributed by atoms with van der Waals surface area (Å²) in [5, 5.41) is 0. The highest BCUT2D eigenvalue weighted by molar-refractivity contribution is 6.36. The predicted molar refractivity (Wildman–Crippen MR) is 98.9 cm³/mol. The van der Waals surface area contributed by atoms with E-state index in [0.29, 0.717) is 13.2 Å². The molecule has 130 valence electrons. The van der Waals surface area contributed by atoms with Crippen molar-refractivity contribution in [3.63, 3.8) is 0 Å². The van der Waals surface area contributed by atoms with Crippen LogP contribution in [0.3, 0.4) is 0 Å². The highest BCUT2D eigenvalue weighted by atomic mass is 16.7. The zero-order valence-electron chi connectivity index (χ0n) is 14.3. The van der Waals surface area contributed by atoms with Crippen molar-refractivity contribution >= 4 is 18.7 Å². The van der Waals surface area contributed by atoms with Gasteiger partial charge in [-0.15, -0.1) is 0 Å². The number of rotatable bonds is 4. The van der Waals surface area contributed by atoms with E-state index in [4.69, 9.17) is 14.0 Å². The third-order valence-corrected chi connectivity index (χ3v) is 4.61. The second-order valence-corrected chi connectivity index (χ2v) is 6.37. The van der Waals surface area contributed by atoms with E-state index in [9.17, 15) is 0 Å². The average molecular weight is 338 g/mol. The van der Waals surface area contributed by atoms with Gasteiger partial charge in [-0.25, -0.2) is 0 Å². The summed E-state index contributed by atoms with van der Waals surface area (Å²) in [6, 6.07) is 20.8. The third-order valence-electron chi connectivity index (χ3n) is 4.61. The van der Waals surface area contributed by atoms with E-state index < -0.39 is 7.32 Å². The Labute approximate surface area is 149 Å². The minimum absolute atomic E-state index is 0.00557. The molecular weight excluding hydrogens is 315 g/mol. The maximum absolute atomic E-state index is 6.11. The molecule has 5 rings (SSSR count). The van der Waals surface area contributed by atoms with E-state index in [-0.39, 0.29) is 6.10 Å². The summed E-state index contributed by atoms with van der Waals surface area (Å²) < 4.78 is 17.5. The normalized spacial score (nSPS) is 23.6. The Hall–Kier alpha value is -1.86. The van der Waals surface area contributed by atoms with Gasteiger partial charge < -0.3 is 18.9 Å². The molecule has 3 saturated heterocycles. The van der Waals surface area contributed by atoms with Gasteiger partial charge in [0.05, 0.1) is 6.10 Å². The molecule has 0 spiro atoms. The minimum atomic E-state index is -0.555. The van der Waals surface area contributed by atoms with Crippen molar-refractivity contribution in [3.05, 3.63) is 60.7 Å². The zero-order valence-corrected chi connectivity index (χ0v) is 14.3. The molecule has 0 unspecified atom stereocenters. The van der Waals surface area contributed by atoms with Crippen molar-refractivity contribution in [3.8, 4) is 0 Å². The third kappa shape index (κ3) is 4.22. The molecule has 0 saturated carbocycles. The molecule has 0 aromatic heterocycles. The number of hydrogen-bond acceptors (Lipinski definition) is 5. The highest BCUT2D eigenvalue weighted by Crippen LogP contribution is 2.26. The molecule has 1 atom stereocenters. The fourth-order valence-corrected chi connectivity index (χ4v) is 3.35. The van der Waals surface area contributed by atoms with Crippen LogP contribution in [0.4, 0.5) is 11.4 Å². The van der Waals surface area contributed by atoms with Gasteiger partial charge in [-0.3, -0.25) is 4.90 Å². The standard InChI is InChI=1S/C19H23BN2O3/c1-3-7-17(8-4-1)22(18-9-5-2-6-10-18)16-19-15-21-11-13-23-20(25-19)24-14-12-21/h1-10,19H,11-16H2/t19-/m0/s1. The number of fused-ring (bicyclic) bond motifs is 6. The van der Waals surface area contributed by atoms with Gasteiger partial charge in [0, 0.05) is 50.8 Å². The first kappa shape index (κ1) is 16.6. The van der Waals surface area contributed by atoms with Crippen LogP contribution in [-0.2, 0) is 14.0 Å². The number of hydrogen-bond donors (Lipinski definition) is 0. The van der Waals surface area contributed by atoms with Crippen molar-refractivity contribution in [1.82, 2.24) is 4.90 Å². The van der Waals surface area contributed by atoms with Gasteiger partial charge >= 0.3 is 7.32 Å². The lowest BCUT2D eigenvalue weighted by Crippen LogP contribution is -2.52. The first-order chi connectivity index (χ1) is 12.4. The van der Waals surface area contributed by atoms with Crippen molar-refractivity contribution in [1.29, 1.82) is 0 Å². The van der Waals surface area contributed by atoms with Crippen LogP contribution in [0.15, 0.2) is 60.7 Å². The zero-order chi connectivity index (χ0) is 16.9. The Morgan fingerprint density at radius 3 is 2.00 bits per heavy atom. The van der Waals surface area contributed by atoms with Crippen molar-refractivity contribution in [2.75, 3.05) is 44.3 Å². The fraction of sp³-hybridized carbons (Fsp3) is 0.368. The summed E-state index contributed by atoms with van der Waals surface area (Å²) >= 11 is 0. The average Bonchev–Trinajstić information content (AvgIpc) is 2.61. The summed E-state index contributed by atoms with van der Waals surface area (Å²) in [7, 11) is -0.555. The molecule has 0 aliphatic carbocycles. The smallest absolute Gasteiger partial charge is 0.385 e. The molecule has 3 heterocycles. The van der Waals surface area contributed by atoms with E-state index in [0.717, 1.165) is 37.6 Å². The van der Waals surface area contributed by atoms with E-state index in [1.54, 1.807) is 0 Å². The van der Waals surface area contributed by atoms with Crippen molar-refractivity contribution < 1.29 is 14.0 Å². The van der Waals surface area contributed by atoms with Gasteiger partial charge in [0.15, 0.2) is 0 Å². The molecule has 2 aromatic rings. The quantitative estimate of drug-likeness (QED) is 0.801. The topological polar surface area (TPSA) is 34.2 Å². The minimum Gasteiger partial charge on any atom is -0.385 e. The summed E-state index contributed by atoms with van der Waals surface area (Å²) in [5.74, 6) is 0. The number of anilines is 2. The monoisotopic (exact) mass is 338 g/mol. The van der Waals surface area contributed by atoms with Crippen LogP contribution in [-0.4, -0.2) is 57.7 Å². The Morgan fingerprint density at radius 2 is 1.44 bits per heavy atom. The van der Waals surface area contributed by atoms with Crippen LogP contribution in [0.25, 0.3) is 0 Å². The fourth-order valence-electron chi connectivity index (χ4n) is 3.35. The number of para-hydroxylation sites is 2. The van der Waals surface area contributed by atoms with Crippen LogP contribution >= 0.6 is 0 Å². The summed E-state index contributed by atoms with van der Waals surface area (Å²) in [4.78, 5) is 4.65. The maximum Gasteiger partial charge on any atom is 0.639 e. The van der Waals surface area contributed by atoms with E-state index in [1.165, 1.54) is 0 Å². The van der Waals surface area contributed by atoms with Gasteiger partial charge in [0.25, 0.3) is 0 Å². The SMILES string of the molecule is c1ccc(N(C[C@@H]2CN3CCOB(OCC3)O2)c2ccccc2)cc1. The molecule has 25 heavy (non-hydrogen) atoms. The van der Waals surface area contributed by atoms with Gasteiger partial charge in [0.1, 0.15) is 0 Å². The van der Waals surface area contributed by atoms with Gasteiger partial charge in [0.2, 0.25) is 0 Å². The summed E-state index contributed by atoms with van der Waals surface area (Å²) in [6.45, 7) is 4.79. The van der Waals surface area contributed by atoms with Crippen LogP contribution in [0.2, 0.25) is 0 Å². The summed E-state index contributed by atoms with van der Waals surface area (Å²) in [6.07, 6.45) is 0.00557. The van der Waals surface area contributed by atoms with E-state index in [2.05, 4.69) is 58.3 Å². The Balaban J connectivity index is 1.58. The molecule has 0 radical (unpaired) electrons. The lowest BCUT2D eigenvalue weighted by atomic mass is 10.1. The first-order valence-electron chi connectivity index (χ1n) is 8.87. The molecule has 3 fully saturated rings. The molecule has 3 aliphatic heterocycles. The Bertz CT molecular complexity index is 595. The van der Waals surface area contributed by atoms with Crippen molar-refractivity contribution in [2.24, 2.45) is 0 Å². The lowest BCUT2D eigenvalue weighted by Gasteiger charge is -2.37. The summed E-state index contributed by atoms with van der Waals surface area (Å²) in [5.41, 5.74) is 2.31. The first-order valence-corrected chi connectivity index (χ1v) is 8.87. The van der Waals surface area contributed by atoms with E-state index >= 15 is 0 Å². The van der Waals surface area contributed by atoms with Crippen LogP contribution in [0.5, 0.6) is 0 Å². The second kappa shape index (κ2) is 8.02. The predicted octanol–water partition coefficient (Wildman–Crippen LogP) is 2.56. The van der Waals surface area contributed by atoms with Crippen LogP contribution in [0.1, 0.15) is 0 Å². The molecule has 2 bridgehead atoms. The maximum atomic E-state index is 6.11. The van der Waals surface area contributed by atoms with E-state index in [1.807, 2.05) is 12.1 Å². The van der Waals surface area contributed by atoms with Gasteiger partial charge in [-0.2, -0.15) is 0 Å². The van der Waals surface area contributed by atoms with Crippen LogP contribution < -0.4 is 4.90 Å². The van der Waals surface area contributed by atoms with Crippen LogP contribution in [0, 0.1) is 0 Å². The number of nitrogens with zero attached hydrogens (tertiary/aromatic N) is 2. The molecule has 3 aliphatic rings. The Morgan fingerprint density at radius 1 is 0.880 bits per heavy atom. The number of benzene rings is 2.